The van der Waals surface area contributed by atoms with Gasteiger partial charge in [-0.25, -0.2) is 0 Å². The minimum atomic E-state index is -4.37. The van der Waals surface area contributed by atoms with Crippen molar-refractivity contribution in [3.8, 4) is 11.3 Å². The maximum atomic E-state index is 12.7. The van der Waals surface area contributed by atoms with Gasteiger partial charge in [-0.2, -0.15) is 13.2 Å². The van der Waals surface area contributed by atoms with Crippen molar-refractivity contribution in [2.45, 2.75) is 19.5 Å². The highest BCUT2D eigenvalue weighted by molar-refractivity contribution is 6.05. The lowest BCUT2D eigenvalue weighted by atomic mass is 10.0. The molecule has 0 aliphatic carbocycles. The van der Waals surface area contributed by atoms with Gasteiger partial charge in [0.1, 0.15) is 0 Å². The van der Waals surface area contributed by atoms with Crippen LogP contribution in [0.15, 0.2) is 42.5 Å². The number of aromatic nitrogens is 1. The van der Waals surface area contributed by atoms with E-state index in [0.29, 0.717) is 16.8 Å². The summed E-state index contributed by atoms with van der Waals surface area (Å²) in [5.41, 5.74) is 2.77. The first-order valence-electron chi connectivity index (χ1n) is 7.22. The van der Waals surface area contributed by atoms with Crippen molar-refractivity contribution in [1.82, 2.24) is 4.98 Å². The lowest BCUT2D eigenvalue weighted by Gasteiger charge is -2.07. The Kier molecular flexibility index (Phi) is 3.72. The summed E-state index contributed by atoms with van der Waals surface area (Å²) in [7, 11) is 0. The predicted molar refractivity (Wildman–Crippen MR) is 83.5 cm³/mol. The van der Waals surface area contributed by atoms with Crippen LogP contribution in [0.4, 0.5) is 13.2 Å². The normalized spacial score (nSPS) is 11.8. The number of nitrogens with one attached hydrogen (secondary N) is 1. The molecule has 1 N–H and O–H groups in total. The number of para-hydroxylation sites is 1. The molecular formula is C18H14F3NO. The number of carbonyl (C=O) groups excluding carboxylic acids is 1. The molecule has 0 aliphatic heterocycles. The number of halogens is 3. The van der Waals surface area contributed by atoms with Crippen LogP contribution >= 0.6 is 0 Å². The maximum Gasteiger partial charge on any atom is 0.416 e. The third-order valence-electron chi connectivity index (χ3n) is 3.96. The predicted octanol–water partition coefficient (Wildman–Crippen LogP) is 5.23. The number of alkyl halides is 3. The molecular weight excluding hydrogens is 303 g/mol. The van der Waals surface area contributed by atoms with E-state index in [-0.39, 0.29) is 0 Å². The summed E-state index contributed by atoms with van der Waals surface area (Å²) in [5, 5.41) is 0.786. The number of hydrogen-bond acceptors (Lipinski definition) is 1. The van der Waals surface area contributed by atoms with Crippen molar-refractivity contribution in [2.75, 3.05) is 0 Å². The summed E-state index contributed by atoms with van der Waals surface area (Å²) < 4.78 is 38.0. The molecule has 0 fully saturated rings. The SMILES string of the molecule is CCc1cccc2c(C=O)c(-c3ccc(C(F)(F)F)cc3)[nH]c12. The number of H-pyrrole nitrogens is 1. The fourth-order valence-corrected chi connectivity index (χ4v) is 2.77. The minimum absolute atomic E-state index is 0.468. The van der Waals surface area contributed by atoms with E-state index >= 15 is 0 Å². The molecule has 0 aliphatic rings. The molecule has 0 radical (unpaired) electrons. The van der Waals surface area contributed by atoms with Crippen LogP contribution in [-0.2, 0) is 12.6 Å². The molecule has 5 heteroatoms. The Morgan fingerprint density at radius 2 is 1.78 bits per heavy atom. The summed E-state index contributed by atoms with van der Waals surface area (Å²) in [4.78, 5) is 14.7. The molecule has 2 nitrogen and oxygen atoms in total. The van der Waals surface area contributed by atoms with Gasteiger partial charge >= 0.3 is 6.18 Å². The largest absolute Gasteiger partial charge is 0.416 e. The van der Waals surface area contributed by atoms with Crippen LogP contribution in [-0.4, -0.2) is 11.3 Å². The number of aromatic amines is 1. The Morgan fingerprint density at radius 3 is 2.35 bits per heavy atom. The van der Waals surface area contributed by atoms with Crippen LogP contribution in [0, 0.1) is 0 Å². The van der Waals surface area contributed by atoms with Gasteiger partial charge in [0.15, 0.2) is 6.29 Å². The Bertz CT molecular complexity index is 860. The summed E-state index contributed by atoms with van der Waals surface area (Å²) in [6, 6.07) is 10.5. The van der Waals surface area contributed by atoms with Gasteiger partial charge in [0.05, 0.1) is 11.3 Å². The van der Waals surface area contributed by atoms with Crippen LogP contribution in [0.2, 0.25) is 0 Å². The summed E-state index contributed by atoms with van der Waals surface area (Å²) >= 11 is 0. The monoisotopic (exact) mass is 317 g/mol. The van der Waals surface area contributed by atoms with E-state index in [4.69, 9.17) is 0 Å². The highest BCUT2D eigenvalue weighted by Crippen LogP contribution is 2.34. The second-order valence-electron chi connectivity index (χ2n) is 5.30. The molecule has 3 rings (SSSR count). The van der Waals surface area contributed by atoms with E-state index in [1.165, 1.54) is 12.1 Å². The Balaban J connectivity index is 2.18. The fraction of sp³-hybridized carbons (Fsp3) is 0.167. The zero-order valence-corrected chi connectivity index (χ0v) is 12.4. The third-order valence-corrected chi connectivity index (χ3v) is 3.96. The molecule has 2 aromatic carbocycles. The van der Waals surface area contributed by atoms with Crippen LogP contribution in [0.1, 0.15) is 28.4 Å². The molecule has 3 aromatic rings. The number of carbonyl (C=O) groups is 1. The van der Waals surface area contributed by atoms with Crippen molar-refractivity contribution in [1.29, 1.82) is 0 Å². The number of benzene rings is 2. The van der Waals surface area contributed by atoms with E-state index in [9.17, 15) is 18.0 Å². The van der Waals surface area contributed by atoms with Gasteiger partial charge in [0, 0.05) is 16.5 Å². The molecule has 0 unspecified atom stereocenters. The van der Waals surface area contributed by atoms with Gasteiger partial charge in [-0.1, -0.05) is 37.3 Å². The van der Waals surface area contributed by atoms with E-state index < -0.39 is 11.7 Å². The first-order chi connectivity index (χ1) is 11.0. The van der Waals surface area contributed by atoms with Crippen LogP contribution in [0.5, 0.6) is 0 Å². The first kappa shape index (κ1) is 15.3. The van der Waals surface area contributed by atoms with Gasteiger partial charge in [0.2, 0.25) is 0 Å². The number of fused-ring (bicyclic) bond motifs is 1. The lowest BCUT2D eigenvalue weighted by Crippen LogP contribution is -2.04. The standard InChI is InChI=1S/C18H14F3NO/c1-2-11-4-3-5-14-15(10-23)17(22-16(11)14)12-6-8-13(9-7-12)18(19,20)21/h3-10,22H,2H2,1H3. The van der Waals surface area contributed by atoms with Crippen molar-refractivity contribution >= 4 is 17.2 Å². The Labute approximate surface area is 130 Å². The fourth-order valence-electron chi connectivity index (χ4n) is 2.77. The first-order valence-corrected chi connectivity index (χ1v) is 7.22. The summed E-state index contributed by atoms with van der Waals surface area (Å²) in [5.74, 6) is 0. The van der Waals surface area contributed by atoms with E-state index in [1.54, 1.807) is 0 Å². The zero-order chi connectivity index (χ0) is 16.6. The van der Waals surface area contributed by atoms with Crippen LogP contribution in [0.3, 0.4) is 0 Å². The molecule has 0 saturated carbocycles. The zero-order valence-electron chi connectivity index (χ0n) is 12.4. The minimum Gasteiger partial charge on any atom is -0.354 e. The molecule has 23 heavy (non-hydrogen) atoms. The number of rotatable bonds is 3. The molecule has 0 spiro atoms. The summed E-state index contributed by atoms with van der Waals surface area (Å²) in [6.45, 7) is 2.01. The van der Waals surface area contributed by atoms with E-state index in [2.05, 4.69) is 4.98 Å². The molecule has 118 valence electrons. The second kappa shape index (κ2) is 5.57. The maximum absolute atomic E-state index is 12.7. The Morgan fingerprint density at radius 1 is 1.09 bits per heavy atom. The van der Waals surface area contributed by atoms with E-state index in [1.807, 2.05) is 25.1 Å². The van der Waals surface area contributed by atoms with Gasteiger partial charge in [-0.05, 0) is 29.7 Å². The average Bonchev–Trinajstić information content (AvgIpc) is 2.92. The highest BCUT2D eigenvalue weighted by atomic mass is 19.4. The molecule has 0 amide bonds. The topological polar surface area (TPSA) is 32.9 Å². The van der Waals surface area contributed by atoms with Gasteiger partial charge in [-0.3, -0.25) is 4.79 Å². The summed E-state index contributed by atoms with van der Waals surface area (Å²) in [6.07, 6.45) is -2.84. The number of hydrogen-bond donors (Lipinski definition) is 1. The second-order valence-corrected chi connectivity index (χ2v) is 5.30. The molecule has 1 heterocycles. The number of aryl methyl sites for hydroxylation is 1. The Hall–Kier alpha value is -2.56. The quantitative estimate of drug-likeness (QED) is 0.659. The molecule has 0 atom stereocenters. The molecule has 0 bridgehead atoms. The van der Waals surface area contributed by atoms with Gasteiger partial charge in [-0.15, -0.1) is 0 Å². The average molecular weight is 317 g/mol. The third kappa shape index (κ3) is 2.63. The van der Waals surface area contributed by atoms with Gasteiger partial charge in [0.25, 0.3) is 0 Å². The lowest BCUT2D eigenvalue weighted by molar-refractivity contribution is -0.137. The van der Waals surface area contributed by atoms with Crippen molar-refractivity contribution in [3.63, 3.8) is 0 Å². The smallest absolute Gasteiger partial charge is 0.354 e. The van der Waals surface area contributed by atoms with Crippen LogP contribution < -0.4 is 0 Å². The van der Waals surface area contributed by atoms with E-state index in [0.717, 1.165) is 41.3 Å². The molecule has 0 saturated heterocycles. The highest BCUT2D eigenvalue weighted by Gasteiger charge is 2.30. The van der Waals surface area contributed by atoms with Crippen molar-refractivity contribution in [3.05, 3.63) is 59.2 Å². The van der Waals surface area contributed by atoms with Crippen molar-refractivity contribution in [2.24, 2.45) is 0 Å². The molecule has 1 aromatic heterocycles. The van der Waals surface area contributed by atoms with Crippen molar-refractivity contribution < 1.29 is 18.0 Å². The number of aldehydes is 1. The van der Waals surface area contributed by atoms with Crippen LogP contribution in [0.25, 0.3) is 22.2 Å². The van der Waals surface area contributed by atoms with Gasteiger partial charge < -0.3 is 4.98 Å².